The fourth-order valence-corrected chi connectivity index (χ4v) is 5.83. The van der Waals surface area contributed by atoms with Crippen molar-refractivity contribution in [3.05, 3.63) is 48.0 Å². The molecule has 2 aliphatic rings. The molecule has 1 N–H and O–H groups in total. The third-order valence-electron chi connectivity index (χ3n) is 6.21. The molecule has 2 aromatic rings. The van der Waals surface area contributed by atoms with Gasteiger partial charge in [0.05, 0.1) is 24.2 Å². The maximum absolute atomic E-state index is 13.5. The third kappa shape index (κ3) is 4.70. The standard InChI is InChI=1S/C24H30N2O5S/c1-17-8-13-21-22(14-17)31-23(24(27)25-15-18-6-4-3-5-7-18)16-26(21)32(28,29)20-11-9-19(30-2)10-12-20/h8-14,18,23H,3-7,15-16H2,1-2H3,(H,25,27)/t23-/m0/s1. The summed E-state index contributed by atoms with van der Waals surface area (Å²) in [6.45, 7) is 2.42. The van der Waals surface area contributed by atoms with Crippen molar-refractivity contribution >= 4 is 21.6 Å². The highest BCUT2D eigenvalue weighted by Gasteiger charge is 2.37. The van der Waals surface area contributed by atoms with E-state index in [1.165, 1.54) is 42.8 Å². The van der Waals surface area contributed by atoms with Crippen molar-refractivity contribution in [2.24, 2.45) is 5.92 Å². The minimum absolute atomic E-state index is 0.0824. The number of carbonyl (C=O) groups excluding carboxylic acids is 1. The van der Waals surface area contributed by atoms with Gasteiger partial charge in [0.2, 0.25) is 0 Å². The molecule has 4 rings (SSSR count). The quantitative estimate of drug-likeness (QED) is 0.714. The van der Waals surface area contributed by atoms with Crippen LogP contribution in [0.15, 0.2) is 47.4 Å². The van der Waals surface area contributed by atoms with Crippen molar-refractivity contribution < 1.29 is 22.7 Å². The molecule has 1 fully saturated rings. The molecule has 32 heavy (non-hydrogen) atoms. The van der Waals surface area contributed by atoms with Gasteiger partial charge in [-0.1, -0.05) is 25.3 Å². The number of sulfonamides is 1. The third-order valence-corrected chi connectivity index (χ3v) is 8.01. The topological polar surface area (TPSA) is 84.9 Å². The van der Waals surface area contributed by atoms with E-state index in [2.05, 4.69) is 5.32 Å². The van der Waals surface area contributed by atoms with Crippen molar-refractivity contribution in [1.82, 2.24) is 5.32 Å². The molecule has 172 valence electrons. The number of amides is 1. The summed E-state index contributed by atoms with van der Waals surface area (Å²) < 4.78 is 39.4. The van der Waals surface area contributed by atoms with Gasteiger partial charge in [-0.05, 0) is 67.6 Å². The van der Waals surface area contributed by atoms with Crippen LogP contribution in [0.5, 0.6) is 11.5 Å². The Labute approximate surface area is 189 Å². The van der Waals surface area contributed by atoms with Gasteiger partial charge < -0.3 is 14.8 Å². The number of nitrogens with zero attached hydrogens (tertiary/aromatic N) is 1. The first-order valence-corrected chi connectivity index (χ1v) is 12.5. The molecule has 0 bridgehead atoms. The molecule has 0 saturated heterocycles. The number of hydrogen-bond acceptors (Lipinski definition) is 5. The second-order valence-corrected chi connectivity index (χ2v) is 10.4. The Bertz CT molecular complexity index is 1060. The molecule has 7 nitrogen and oxygen atoms in total. The van der Waals surface area contributed by atoms with Crippen LogP contribution in [-0.4, -0.2) is 40.6 Å². The van der Waals surface area contributed by atoms with Crippen LogP contribution < -0.4 is 19.1 Å². The predicted molar refractivity (Wildman–Crippen MR) is 123 cm³/mol. The van der Waals surface area contributed by atoms with E-state index in [1.807, 2.05) is 13.0 Å². The number of hydrogen-bond donors (Lipinski definition) is 1. The average molecular weight is 459 g/mol. The van der Waals surface area contributed by atoms with Crippen LogP contribution in [0.4, 0.5) is 5.69 Å². The lowest BCUT2D eigenvalue weighted by Gasteiger charge is -2.35. The lowest BCUT2D eigenvalue weighted by Crippen LogP contribution is -2.51. The van der Waals surface area contributed by atoms with E-state index < -0.39 is 16.1 Å². The van der Waals surface area contributed by atoms with Crippen molar-refractivity contribution in [3.63, 3.8) is 0 Å². The molecule has 0 spiro atoms. The van der Waals surface area contributed by atoms with Crippen molar-refractivity contribution in [2.75, 3.05) is 24.5 Å². The second kappa shape index (κ2) is 9.40. The predicted octanol–water partition coefficient (Wildman–Crippen LogP) is 3.66. The van der Waals surface area contributed by atoms with Gasteiger partial charge >= 0.3 is 0 Å². The highest BCUT2D eigenvalue weighted by Crippen LogP contribution is 2.38. The van der Waals surface area contributed by atoms with Crippen LogP contribution in [0, 0.1) is 12.8 Å². The fraction of sp³-hybridized carbons (Fsp3) is 0.458. The van der Waals surface area contributed by atoms with E-state index in [0.29, 0.717) is 29.6 Å². The van der Waals surface area contributed by atoms with E-state index in [4.69, 9.17) is 9.47 Å². The van der Waals surface area contributed by atoms with E-state index in [1.54, 1.807) is 24.3 Å². The molecule has 1 amide bonds. The number of ether oxygens (including phenoxy) is 2. The number of anilines is 1. The number of methoxy groups -OCH3 is 1. The van der Waals surface area contributed by atoms with E-state index in [-0.39, 0.29) is 17.3 Å². The molecule has 1 aliphatic heterocycles. The minimum atomic E-state index is -3.90. The molecular weight excluding hydrogens is 428 g/mol. The van der Waals surface area contributed by atoms with Gasteiger partial charge in [-0.25, -0.2) is 8.42 Å². The molecule has 2 aromatic carbocycles. The van der Waals surface area contributed by atoms with Gasteiger partial charge in [0, 0.05) is 6.54 Å². The zero-order valence-electron chi connectivity index (χ0n) is 18.5. The molecule has 0 aromatic heterocycles. The highest BCUT2D eigenvalue weighted by molar-refractivity contribution is 7.92. The molecule has 1 heterocycles. The molecule has 1 aliphatic carbocycles. The summed E-state index contributed by atoms with van der Waals surface area (Å²) in [6, 6.07) is 11.6. The zero-order chi connectivity index (χ0) is 22.7. The Morgan fingerprint density at radius 2 is 1.84 bits per heavy atom. The summed E-state index contributed by atoms with van der Waals surface area (Å²) in [5, 5.41) is 2.99. The largest absolute Gasteiger partial charge is 0.497 e. The Morgan fingerprint density at radius 3 is 2.53 bits per heavy atom. The Morgan fingerprint density at radius 1 is 1.12 bits per heavy atom. The molecule has 0 unspecified atom stereocenters. The highest BCUT2D eigenvalue weighted by atomic mass is 32.2. The second-order valence-electron chi connectivity index (χ2n) is 8.54. The van der Waals surface area contributed by atoms with Gasteiger partial charge in [-0.15, -0.1) is 0 Å². The van der Waals surface area contributed by atoms with E-state index in [9.17, 15) is 13.2 Å². The average Bonchev–Trinajstić information content (AvgIpc) is 2.82. The Balaban J connectivity index is 1.58. The van der Waals surface area contributed by atoms with E-state index in [0.717, 1.165) is 18.4 Å². The summed E-state index contributed by atoms with van der Waals surface area (Å²) in [6.07, 6.45) is 4.96. The Hall–Kier alpha value is -2.74. The minimum Gasteiger partial charge on any atom is -0.497 e. The van der Waals surface area contributed by atoms with Crippen LogP contribution in [0.1, 0.15) is 37.7 Å². The summed E-state index contributed by atoms with van der Waals surface area (Å²) in [7, 11) is -2.37. The monoisotopic (exact) mass is 458 g/mol. The normalized spacial score (nSPS) is 19.1. The van der Waals surface area contributed by atoms with Crippen molar-refractivity contribution in [1.29, 1.82) is 0 Å². The number of benzene rings is 2. The first-order chi connectivity index (χ1) is 15.4. The van der Waals surface area contributed by atoms with Gasteiger partial charge in [0.25, 0.3) is 15.9 Å². The van der Waals surface area contributed by atoms with Crippen LogP contribution in [0.3, 0.4) is 0 Å². The van der Waals surface area contributed by atoms with Gasteiger partial charge in [0.1, 0.15) is 11.5 Å². The molecular formula is C24H30N2O5S. The smallest absolute Gasteiger partial charge is 0.264 e. The number of rotatable bonds is 6. The van der Waals surface area contributed by atoms with E-state index >= 15 is 0 Å². The van der Waals surface area contributed by atoms with Crippen LogP contribution in [0.25, 0.3) is 0 Å². The molecule has 1 atom stereocenters. The van der Waals surface area contributed by atoms with Gasteiger partial charge in [-0.2, -0.15) is 0 Å². The van der Waals surface area contributed by atoms with Crippen LogP contribution >= 0.6 is 0 Å². The fourth-order valence-electron chi connectivity index (χ4n) is 4.35. The Kier molecular flexibility index (Phi) is 6.60. The summed E-state index contributed by atoms with van der Waals surface area (Å²) in [4.78, 5) is 13.1. The maximum Gasteiger partial charge on any atom is 0.264 e. The summed E-state index contributed by atoms with van der Waals surface area (Å²) >= 11 is 0. The maximum atomic E-state index is 13.5. The van der Waals surface area contributed by atoms with Crippen LogP contribution in [0.2, 0.25) is 0 Å². The number of nitrogens with one attached hydrogen (secondary N) is 1. The number of carbonyl (C=O) groups is 1. The van der Waals surface area contributed by atoms with Gasteiger partial charge in [-0.3, -0.25) is 9.10 Å². The zero-order valence-corrected chi connectivity index (χ0v) is 19.4. The van der Waals surface area contributed by atoms with Gasteiger partial charge in [0.15, 0.2) is 6.10 Å². The summed E-state index contributed by atoms with van der Waals surface area (Å²) in [5.41, 5.74) is 1.36. The number of aryl methyl sites for hydroxylation is 1. The lowest BCUT2D eigenvalue weighted by atomic mass is 9.89. The first-order valence-electron chi connectivity index (χ1n) is 11.1. The van der Waals surface area contributed by atoms with Crippen LogP contribution in [-0.2, 0) is 14.8 Å². The summed E-state index contributed by atoms with van der Waals surface area (Å²) in [5.74, 6) is 1.16. The molecule has 1 saturated carbocycles. The van der Waals surface area contributed by atoms with Crippen molar-refractivity contribution in [2.45, 2.75) is 50.0 Å². The molecule has 8 heteroatoms. The SMILES string of the molecule is COc1ccc(S(=O)(=O)N2C[C@@H](C(=O)NCC3CCCCC3)Oc3cc(C)ccc32)cc1. The molecule has 0 radical (unpaired) electrons. The number of fused-ring (bicyclic) bond motifs is 1. The van der Waals surface area contributed by atoms with Crippen molar-refractivity contribution in [3.8, 4) is 11.5 Å². The lowest BCUT2D eigenvalue weighted by molar-refractivity contribution is -0.128. The first kappa shape index (κ1) is 22.5.